The van der Waals surface area contributed by atoms with E-state index < -0.39 is 0 Å². The summed E-state index contributed by atoms with van der Waals surface area (Å²) in [4.78, 5) is 10.9. The Morgan fingerprint density at radius 3 is 2.60 bits per heavy atom. The summed E-state index contributed by atoms with van der Waals surface area (Å²) in [5, 5.41) is 3.46. The summed E-state index contributed by atoms with van der Waals surface area (Å²) < 4.78 is 0. The van der Waals surface area contributed by atoms with Crippen molar-refractivity contribution >= 4 is 5.91 Å². The fraction of sp³-hybridized carbons (Fsp3) is 0.750. The van der Waals surface area contributed by atoms with Gasteiger partial charge in [0.1, 0.15) is 0 Å². The topological polar surface area (TPSA) is 55.1 Å². The second-order valence-corrected chi connectivity index (χ2v) is 4.08. The zero-order chi connectivity index (χ0) is 11.1. The molecule has 0 radical (unpaired) electrons. The molecule has 0 unspecified atom stereocenters. The van der Waals surface area contributed by atoms with Crippen LogP contribution in [0.3, 0.4) is 0 Å². The highest BCUT2D eigenvalue weighted by Crippen LogP contribution is 2.23. The van der Waals surface area contributed by atoms with Gasteiger partial charge in [0.2, 0.25) is 5.91 Å². The Kier molecular flexibility index (Phi) is 5.20. The minimum absolute atomic E-state index is 0.110. The molecule has 0 aliphatic heterocycles. The summed E-state index contributed by atoms with van der Waals surface area (Å²) in [5.74, 6) is 5.88. The van der Waals surface area contributed by atoms with Crippen molar-refractivity contribution in [2.24, 2.45) is 11.7 Å². The number of primary amides is 1. The molecule has 0 atom stereocenters. The van der Waals surface area contributed by atoms with Crippen LogP contribution in [-0.4, -0.2) is 18.5 Å². The lowest BCUT2D eigenvalue weighted by Crippen LogP contribution is -2.36. The van der Waals surface area contributed by atoms with Gasteiger partial charge in [0.05, 0.1) is 0 Å². The van der Waals surface area contributed by atoms with E-state index in [0.29, 0.717) is 6.04 Å². The van der Waals surface area contributed by atoms with E-state index in [4.69, 9.17) is 5.73 Å². The van der Waals surface area contributed by atoms with Crippen LogP contribution >= 0.6 is 0 Å². The Labute approximate surface area is 91.8 Å². The third-order valence-corrected chi connectivity index (χ3v) is 2.99. The van der Waals surface area contributed by atoms with Crippen LogP contribution in [0.1, 0.15) is 39.0 Å². The van der Waals surface area contributed by atoms with E-state index in [0.717, 1.165) is 38.6 Å². The molecule has 1 amide bonds. The molecule has 0 aromatic rings. The molecule has 0 bridgehead atoms. The van der Waals surface area contributed by atoms with Gasteiger partial charge in [-0.3, -0.25) is 4.79 Å². The van der Waals surface area contributed by atoms with Crippen molar-refractivity contribution < 1.29 is 4.79 Å². The first-order valence-electron chi connectivity index (χ1n) is 5.66. The van der Waals surface area contributed by atoms with Crippen molar-refractivity contribution in [1.29, 1.82) is 0 Å². The maximum atomic E-state index is 10.9. The van der Waals surface area contributed by atoms with Gasteiger partial charge in [0, 0.05) is 24.9 Å². The van der Waals surface area contributed by atoms with Gasteiger partial charge in [0.25, 0.3) is 0 Å². The Balaban J connectivity index is 2.13. The van der Waals surface area contributed by atoms with Crippen LogP contribution < -0.4 is 11.1 Å². The van der Waals surface area contributed by atoms with Crippen molar-refractivity contribution in [3.8, 4) is 11.8 Å². The van der Waals surface area contributed by atoms with E-state index in [1.807, 2.05) is 6.92 Å². The van der Waals surface area contributed by atoms with Crippen molar-refractivity contribution in [2.75, 3.05) is 6.54 Å². The number of amides is 1. The van der Waals surface area contributed by atoms with Crippen LogP contribution in [0.5, 0.6) is 0 Å². The Bertz CT molecular complexity index is 257. The van der Waals surface area contributed by atoms with E-state index in [1.54, 1.807) is 0 Å². The molecule has 0 aromatic heterocycles. The molecular weight excluding hydrogens is 188 g/mol. The normalized spacial score (nSPS) is 25.4. The molecule has 1 aliphatic rings. The largest absolute Gasteiger partial charge is 0.369 e. The molecule has 0 spiro atoms. The van der Waals surface area contributed by atoms with Gasteiger partial charge in [-0.05, 0) is 32.6 Å². The van der Waals surface area contributed by atoms with Gasteiger partial charge in [-0.2, -0.15) is 0 Å². The maximum Gasteiger partial charge on any atom is 0.220 e. The fourth-order valence-electron chi connectivity index (χ4n) is 2.05. The smallest absolute Gasteiger partial charge is 0.220 e. The number of nitrogens with one attached hydrogen (secondary N) is 1. The Morgan fingerprint density at radius 1 is 1.40 bits per heavy atom. The molecule has 1 aliphatic carbocycles. The van der Waals surface area contributed by atoms with E-state index in [1.165, 1.54) is 0 Å². The average Bonchev–Trinajstić information content (AvgIpc) is 2.25. The summed E-state index contributed by atoms with van der Waals surface area (Å²) in [7, 11) is 0. The van der Waals surface area contributed by atoms with Crippen LogP contribution in [0.15, 0.2) is 0 Å². The molecule has 0 aromatic carbocycles. The lowest BCUT2D eigenvalue weighted by atomic mass is 9.85. The highest BCUT2D eigenvalue weighted by molar-refractivity contribution is 5.76. The van der Waals surface area contributed by atoms with Crippen LogP contribution in [0, 0.1) is 17.8 Å². The fourth-order valence-corrected chi connectivity index (χ4v) is 2.05. The Hall–Kier alpha value is -1.01. The molecule has 1 rings (SSSR count). The monoisotopic (exact) mass is 208 g/mol. The van der Waals surface area contributed by atoms with Gasteiger partial charge in [-0.1, -0.05) is 0 Å². The number of nitrogens with two attached hydrogens (primary N) is 1. The molecule has 84 valence electrons. The first-order valence-corrected chi connectivity index (χ1v) is 5.66. The van der Waals surface area contributed by atoms with Crippen LogP contribution in [0.2, 0.25) is 0 Å². The number of carbonyl (C=O) groups is 1. The van der Waals surface area contributed by atoms with Crippen LogP contribution in [0.4, 0.5) is 0 Å². The first-order chi connectivity index (χ1) is 7.24. The van der Waals surface area contributed by atoms with Crippen LogP contribution in [-0.2, 0) is 4.79 Å². The summed E-state index contributed by atoms with van der Waals surface area (Å²) in [5.41, 5.74) is 5.27. The lowest BCUT2D eigenvalue weighted by molar-refractivity contribution is -0.122. The molecule has 0 saturated heterocycles. The van der Waals surface area contributed by atoms with Gasteiger partial charge < -0.3 is 11.1 Å². The van der Waals surface area contributed by atoms with Gasteiger partial charge in [-0.15, -0.1) is 11.8 Å². The quantitative estimate of drug-likeness (QED) is 0.535. The third-order valence-electron chi connectivity index (χ3n) is 2.99. The van der Waals surface area contributed by atoms with Gasteiger partial charge >= 0.3 is 0 Å². The number of hydrogen-bond acceptors (Lipinski definition) is 2. The zero-order valence-electron chi connectivity index (χ0n) is 9.38. The van der Waals surface area contributed by atoms with Crippen molar-refractivity contribution in [3.05, 3.63) is 0 Å². The lowest BCUT2D eigenvalue weighted by Gasteiger charge is -2.27. The maximum absolute atomic E-state index is 10.9. The summed E-state index contributed by atoms with van der Waals surface area (Å²) in [6.45, 7) is 2.81. The second-order valence-electron chi connectivity index (χ2n) is 4.08. The molecular formula is C12H20N2O. The minimum Gasteiger partial charge on any atom is -0.369 e. The highest BCUT2D eigenvalue weighted by atomic mass is 16.1. The zero-order valence-corrected chi connectivity index (χ0v) is 9.38. The van der Waals surface area contributed by atoms with E-state index in [2.05, 4.69) is 17.2 Å². The molecule has 3 heteroatoms. The molecule has 0 heterocycles. The van der Waals surface area contributed by atoms with Crippen molar-refractivity contribution in [1.82, 2.24) is 5.32 Å². The summed E-state index contributed by atoms with van der Waals surface area (Å²) in [6, 6.07) is 0.555. The number of hydrogen-bond donors (Lipinski definition) is 2. The van der Waals surface area contributed by atoms with Gasteiger partial charge in [0.15, 0.2) is 0 Å². The first kappa shape index (κ1) is 12.1. The summed E-state index contributed by atoms with van der Waals surface area (Å²) >= 11 is 0. The van der Waals surface area contributed by atoms with E-state index in [-0.39, 0.29) is 11.8 Å². The number of carbonyl (C=O) groups excluding carboxylic acids is 1. The molecule has 1 fully saturated rings. The van der Waals surface area contributed by atoms with E-state index in [9.17, 15) is 4.79 Å². The predicted octanol–water partition coefficient (Wildman–Crippen LogP) is 1.03. The van der Waals surface area contributed by atoms with E-state index >= 15 is 0 Å². The molecule has 3 N–H and O–H groups in total. The average molecular weight is 208 g/mol. The van der Waals surface area contributed by atoms with Crippen molar-refractivity contribution in [2.45, 2.75) is 45.1 Å². The number of rotatable bonds is 4. The minimum atomic E-state index is -0.134. The molecule has 1 saturated carbocycles. The standard InChI is InChI=1S/C12H20N2O/c1-2-3-4-9-14-11-7-5-10(6-8-11)12(13)15/h10-11,14H,4-9H2,1H3,(H2,13,15). The molecule has 15 heavy (non-hydrogen) atoms. The van der Waals surface area contributed by atoms with Crippen LogP contribution in [0.25, 0.3) is 0 Å². The highest BCUT2D eigenvalue weighted by Gasteiger charge is 2.23. The van der Waals surface area contributed by atoms with Crippen molar-refractivity contribution in [3.63, 3.8) is 0 Å². The molecule has 3 nitrogen and oxygen atoms in total. The summed E-state index contributed by atoms with van der Waals surface area (Å²) in [6.07, 6.45) is 4.91. The predicted molar refractivity (Wildman–Crippen MR) is 61.0 cm³/mol. The van der Waals surface area contributed by atoms with Gasteiger partial charge in [-0.25, -0.2) is 0 Å². The Morgan fingerprint density at radius 2 is 2.07 bits per heavy atom. The SMILES string of the molecule is CC#CCCNC1CCC(C(N)=O)CC1. The second kappa shape index (κ2) is 6.47. The third kappa shape index (κ3) is 4.35.